The smallest absolute Gasteiger partial charge is 0.191 e. The van der Waals surface area contributed by atoms with E-state index in [0.717, 1.165) is 25.1 Å². The molecule has 1 aromatic carbocycles. The van der Waals surface area contributed by atoms with E-state index in [0.29, 0.717) is 6.04 Å². The molecule has 1 atom stereocenters. The van der Waals surface area contributed by atoms with Crippen molar-refractivity contribution < 1.29 is 0 Å². The van der Waals surface area contributed by atoms with Crippen molar-refractivity contribution in [2.24, 2.45) is 4.99 Å². The Bertz CT molecular complexity index is 567. The standard InChI is InChI=1S/C21H34N4.HI/c1-21(2,17-9-5-4-6-10-17)16-23-20(22-3)24-18-13-14-25(15-18)19-11-7-8-12-19;/h4-6,9-10,18-19H,7-8,11-16H2,1-3H3,(H2,22,23,24);1H. The van der Waals surface area contributed by atoms with Gasteiger partial charge in [-0.2, -0.15) is 0 Å². The molecule has 3 rings (SSSR count). The van der Waals surface area contributed by atoms with Crippen molar-refractivity contribution in [1.29, 1.82) is 0 Å². The first-order chi connectivity index (χ1) is 12.1. The Balaban J connectivity index is 0.00000243. The first kappa shape index (κ1) is 21.5. The van der Waals surface area contributed by atoms with Crippen LogP contribution >= 0.6 is 24.0 Å². The van der Waals surface area contributed by atoms with E-state index in [2.05, 4.69) is 64.7 Å². The minimum atomic E-state index is 0. The van der Waals surface area contributed by atoms with Crippen molar-refractivity contribution in [3.8, 4) is 0 Å². The molecular formula is C21H35IN4. The molecular weight excluding hydrogens is 435 g/mol. The molecule has 1 heterocycles. The zero-order chi connectivity index (χ0) is 17.7. The molecule has 2 fully saturated rings. The zero-order valence-electron chi connectivity index (χ0n) is 16.5. The largest absolute Gasteiger partial charge is 0.356 e. The summed E-state index contributed by atoms with van der Waals surface area (Å²) in [6.45, 7) is 7.82. The fourth-order valence-corrected chi connectivity index (χ4v) is 4.19. The van der Waals surface area contributed by atoms with Crippen LogP contribution in [0, 0.1) is 0 Å². The van der Waals surface area contributed by atoms with E-state index < -0.39 is 0 Å². The van der Waals surface area contributed by atoms with E-state index in [1.807, 2.05) is 7.05 Å². The van der Waals surface area contributed by atoms with Crippen LogP contribution in [-0.4, -0.2) is 49.6 Å². The average molecular weight is 470 g/mol. The quantitative estimate of drug-likeness (QED) is 0.391. The van der Waals surface area contributed by atoms with Gasteiger partial charge in [0, 0.05) is 44.2 Å². The van der Waals surface area contributed by atoms with Crippen LogP contribution in [0.4, 0.5) is 0 Å². The number of aliphatic imine (C=N–C) groups is 1. The van der Waals surface area contributed by atoms with E-state index in [-0.39, 0.29) is 29.4 Å². The Morgan fingerprint density at radius 3 is 2.50 bits per heavy atom. The van der Waals surface area contributed by atoms with Gasteiger partial charge in [-0.15, -0.1) is 24.0 Å². The summed E-state index contributed by atoms with van der Waals surface area (Å²) in [6, 6.07) is 12.1. The molecule has 1 saturated heterocycles. The van der Waals surface area contributed by atoms with Crippen molar-refractivity contribution >= 4 is 29.9 Å². The molecule has 4 nitrogen and oxygen atoms in total. The van der Waals surface area contributed by atoms with E-state index in [4.69, 9.17) is 0 Å². The lowest BCUT2D eigenvalue weighted by Gasteiger charge is -2.28. The van der Waals surface area contributed by atoms with Crippen LogP contribution in [-0.2, 0) is 5.41 Å². The highest BCUT2D eigenvalue weighted by atomic mass is 127. The predicted molar refractivity (Wildman–Crippen MR) is 122 cm³/mol. The van der Waals surface area contributed by atoms with Gasteiger partial charge in [0.25, 0.3) is 0 Å². The number of hydrogen-bond donors (Lipinski definition) is 2. The Labute approximate surface area is 176 Å². The van der Waals surface area contributed by atoms with Gasteiger partial charge < -0.3 is 10.6 Å². The van der Waals surface area contributed by atoms with Gasteiger partial charge in [-0.05, 0) is 24.8 Å². The van der Waals surface area contributed by atoms with Crippen LogP contribution in [0.2, 0.25) is 0 Å². The lowest BCUT2D eigenvalue weighted by molar-refractivity contribution is 0.242. The Kier molecular flexibility index (Phi) is 8.20. The molecule has 0 spiro atoms. The molecule has 0 amide bonds. The SMILES string of the molecule is CN=C(NCC(C)(C)c1ccccc1)NC1CCN(C2CCCC2)C1.I. The molecule has 1 aromatic rings. The van der Waals surface area contributed by atoms with Crippen molar-refractivity contribution in [3.63, 3.8) is 0 Å². The number of rotatable bonds is 5. The summed E-state index contributed by atoms with van der Waals surface area (Å²) in [5, 5.41) is 7.18. The number of halogens is 1. The maximum Gasteiger partial charge on any atom is 0.191 e. The third-order valence-electron chi connectivity index (χ3n) is 5.88. The molecule has 0 radical (unpaired) electrons. The molecule has 1 aliphatic carbocycles. The Morgan fingerprint density at radius 1 is 1.15 bits per heavy atom. The maximum absolute atomic E-state index is 4.45. The van der Waals surface area contributed by atoms with Crippen molar-refractivity contribution in [1.82, 2.24) is 15.5 Å². The van der Waals surface area contributed by atoms with Gasteiger partial charge in [0.1, 0.15) is 0 Å². The van der Waals surface area contributed by atoms with E-state index in [1.165, 1.54) is 44.2 Å². The summed E-state index contributed by atoms with van der Waals surface area (Å²) in [4.78, 5) is 7.13. The number of guanidine groups is 1. The molecule has 0 aromatic heterocycles. The lowest BCUT2D eigenvalue weighted by Crippen LogP contribution is -2.48. The first-order valence-electron chi connectivity index (χ1n) is 9.85. The number of likely N-dealkylation sites (tertiary alicyclic amines) is 1. The normalized spacial score (nSPS) is 22.3. The maximum atomic E-state index is 4.45. The molecule has 2 aliphatic rings. The highest BCUT2D eigenvalue weighted by Gasteiger charge is 2.30. The molecule has 1 aliphatic heterocycles. The summed E-state index contributed by atoms with van der Waals surface area (Å²) in [5.74, 6) is 0.933. The fraction of sp³-hybridized carbons (Fsp3) is 0.667. The molecule has 0 bridgehead atoms. The summed E-state index contributed by atoms with van der Waals surface area (Å²) < 4.78 is 0. The van der Waals surface area contributed by atoms with Crippen LogP contribution in [0.3, 0.4) is 0 Å². The first-order valence-corrected chi connectivity index (χ1v) is 9.85. The highest BCUT2D eigenvalue weighted by Crippen LogP contribution is 2.26. The van der Waals surface area contributed by atoms with E-state index >= 15 is 0 Å². The number of benzene rings is 1. The van der Waals surface area contributed by atoms with Gasteiger partial charge in [-0.3, -0.25) is 9.89 Å². The van der Waals surface area contributed by atoms with Gasteiger partial charge in [-0.25, -0.2) is 0 Å². The molecule has 26 heavy (non-hydrogen) atoms. The molecule has 2 N–H and O–H groups in total. The summed E-state index contributed by atoms with van der Waals surface area (Å²) in [7, 11) is 1.87. The molecule has 5 heteroatoms. The van der Waals surface area contributed by atoms with E-state index in [1.54, 1.807) is 0 Å². The lowest BCUT2D eigenvalue weighted by atomic mass is 9.85. The molecule has 1 unspecified atom stereocenters. The van der Waals surface area contributed by atoms with Gasteiger partial charge in [0.15, 0.2) is 5.96 Å². The Morgan fingerprint density at radius 2 is 1.85 bits per heavy atom. The third kappa shape index (κ3) is 5.59. The van der Waals surface area contributed by atoms with Crippen molar-refractivity contribution in [2.45, 2.75) is 63.5 Å². The van der Waals surface area contributed by atoms with Crippen LogP contribution in [0.25, 0.3) is 0 Å². The number of nitrogens with zero attached hydrogens (tertiary/aromatic N) is 2. The number of nitrogens with one attached hydrogen (secondary N) is 2. The van der Waals surface area contributed by atoms with Crippen LogP contribution in [0.15, 0.2) is 35.3 Å². The summed E-state index contributed by atoms with van der Waals surface area (Å²) in [5.41, 5.74) is 1.43. The predicted octanol–water partition coefficient (Wildman–Crippen LogP) is 3.76. The van der Waals surface area contributed by atoms with Gasteiger partial charge in [0.05, 0.1) is 0 Å². The van der Waals surface area contributed by atoms with Gasteiger partial charge in [-0.1, -0.05) is 57.0 Å². The monoisotopic (exact) mass is 470 g/mol. The summed E-state index contributed by atoms with van der Waals surface area (Å²) >= 11 is 0. The Hall–Kier alpha value is -0.820. The third-order valence-corrected chi connectivity index (χ3v) is 5.88. The number of hydrogen-bond acceptors (Lipinski definition) is 2. The second-order valence-electron chi connectivity index (χ2n) is 8.24. The zero-order valence-corrected chi connectivity index (χ0v) is 18.8. The van der Waals surface area contributed by atoms with Crippen molar-refractivity contribution in [3.05, 3.63) is 35.9 Å². The second-order valence-corrected chi connectivity index (χ2v) is 8.24. The van der Waals surface area contributed by atoms with Crippen LogP contribution in [0.1, 0.15) is 51.5 Å². The molecule has 146 valence electrons. The minimum absolute atomic E-state index is 0. The summed E-state index contributed by atoms with van der Waals surface area (Å²) in [6.07, 6.45) is 6.84. The van der Waals surface area contributed by atoms with Crippen molar-refractivity contribution in [2.75, 3.05) is 26.7 Å². The minimum Gasteiger partial charge on any atom is -0.356 e. The second kappa shape index (κ2) is 9.93. The topological polar surface area (TPSA) is 39.7 Å². The van der Waals surface area contributed by atoms with Crippen LogP contribution in [0.5, 0.6) is 0 Å². The van der Waals surface area contributed by atoms with E-state index in [9.17, 15) is 0 Å². The van der Waals surface area contributed by atoms with Gasteiger partial charge in [0.2, 0.25) is 0 Å². The highest BCUT2D eigenvalue weighted by molar-refractivity contribution is 14.0. The average Bonchev–Trinajstić information content (AvgIpc) is 3.31. The van der Waals surface area contributed by atoms with Crippen LogP contribution < -0.4 is 10.6 Å². The van der Waals surface area contributed by atoms with Gasteiger partial charge >= 0.3 is 0 Å². The fourth-order valence-electron chi connectivity index (χ4n) is 4.19. The molecule has 1 saturated carbocycles.